The SMILES string of the molecule is C=N[SH](=O)=O.COc1nccc(S(=O)(=O)O)n1.Cl. The first-order chi connectivity index (χ1) is 7.81. The Bertz CT molecular complexity index is 550. The Hall–Kier alpha value is -1.30. The molecule has 0 saturated heterocycles. The van der Waals surface area contributed by atoms with Crippen molar-refractivity contribution in [3.63, 3.8) is 0 Å². The summed E-state index contributed by atoms with van der Waals surface area (Å²) in [7, 11) is -5.56. The number of nitrogens with zero attached hydrogens (tertiary/aromatic N) is 3. The molecule has 0 spiro atoms. The predicted molar refractivity (Wildman–Crippen MR) is 65.5 cm³/mol. The van der Waals surface area contributed by atoms with Gasteiger partial charge in [-0.25, -0.2) is 13.4 Å². The highest BCUT2D eigenvalue weighted by molar-refractivity contribution is 7.85. The monoisotopic (exact) mass is 319 g/mol. The lowest BCUT2D eigenvalue weighted by molar-refractivity contribution is 0.373. The molecule has 0 aliphatic carbocycles. The molecule has 0 unspecified atom stereocenters. The molecular formula is C6H10ClN3O6S2. The highest BCUT2D eigenvalue weighted by Gasteiger charge is 2.11. The van der Waals surface area contributed by atoms with Gasteiger partial charge in [0.15, 0.2) is 5.03 Å². The van der Waals surface area contributed by atoms with Gasteiger partial charge in [-0.15, -0.1) is 12.4 Å². The number of hydrogen-bond donors (Lipinski definition) is 2. The van der Waals surface area contributed by atoms with Gasteiger partial charge < -0.3 is 4.74 Å². The van der Waals surface area contributed by atoms with Crippen molar-refractivity contribution >= 4 is 40.1 Å². The highest BCUT2D eigenvalue weighted by Crippen LogP contribution is 2.06. The van der Waals surface area contributed by atoms with Gasteiger partial charge >= 0.3 is 16.1 Å². The molecule has 0 aliphatic heterocycles. The van der Waals surface area contributed by atoms with Crippen LogP contribution < -0.4 is 4.74 Å². The molecule has 0 aliphatic rings. The Labute approximate surface area is 111 Å². The average molecular weight is 320 g/mol. The zero-order valence-corrected chi connectivity index (χ0v) is 11.5. The van der Waals surface area contributed by atoms with E-state index in [1.807, 2.05) is 0 Å². The quantitative estimate of drug-likeness (QED) is 0.325. The lowest BCUT2D eigenvalue weighted by Gasteiger charge is -1.97. The van der Waals surface area contributed by atoms with E-state index in [0.29, 0.717) is 0 Å². The van der Waals surface area contributed by atoms with Gasteiger partial charge in [0, 0.05) is 12.9 Å². The summed E-state index contributed by atoms with van der Waals surface area (Å²) in [6, 6.07) is 0.961. The minimum atomic E-state index is -4.27. The molecule has 0 fully saturated rings. The summed E-state index contributed by atoms with van der Waals surface area (Å²) < 4.78 is 55.1. The third-order valence-corrected chi connectivity index (χ3v) is 2.16. The van der Waals surface area contributed by atoms with Crippen molar-refractivity contribution in [1.29, 1.82) is 0 Å². The zero-order chi connectivity index (χ0) is 13.5. The summed E-state index contributed by atoms with van der Waals surface area (Å²) in [5.74, 6) is 0. The molecule has 104 valence electrons. The first kappa shape index (κ1) is 19.0. The molecule has 12 heteroatoms. The molecule has 0 radical (unpaired) electrons. The smallest absolute Gasteiger partial charge is 0.317 e. The number of thiol groups is 1. The van der Waals surface area contributed by atoms with E-state index in [4.69, 9.17) is 4.55 Å². The van der Waals surface area contributed by atoms with Crippen molar-refractivity contribution in [1.82, 2.24) is 9.97 Å². The van der Waals surface area contributed by atoms with Gasteiger partial charge in [-0.1, -0.05) is 0 Å². The summed E-state index contributed by atoms with van der Waals surface area (Å²) in [6.45, 7) is 2.71. The second kappa shape index (κ2) is 8.74. The van der Waals surface area contributed by atoms with E-state index in [2.05, 4.69) is 25.8 Å². The third kappa shape index (κ3) is 7.89. The van der Waals surface area contributed by atoms with Crippen molar-refractivity contribution in [3.8, 4) is 6.01 Å². The third-order valence-electron chi connectivity index (χ3n) is 1.17. The first-order valence-corrected chi connectivity index (χ1v) is 6.34. The Balaban J connectivity index is 0. The van der Waals surface area contributed by atoms with Gasteiger partial charge in [-0.2, -0.15) is 17.8 Å². The molecule has 0 saturated carbocycles. The standard InChI is InChI=1S/C5H6N2O4S.CH3NO2S.ClH/c1-11-5-6-3-2-4(7-5)12(8,9)10;1-2-5(3)4;/h2-3H,1H3,(H,8,9,10);5H,1H2;1H. The van der Waals surface area contributed by atoms with Gasteiger partial charge in [0.25, 0.3) is 0 Å². The summed E-state index contributed by atoms with van der Waals surface area (Å²) in [5, 5.41) is -0.477. The van der Waals surface area contributed by atoms with Crippen LogP contribution in [0.4, 0.5) is 0 Å². The number of halogens is 1. The van der Waals surface area contributed by atoms with Crippen molar-refractivity contribution < 1.29 is 26.1 Å². The molecule has 0 bridgehead atoms. The molecule has 1 heterocycles. The number of hydrogen-bond acceptors (Lipinski definition) is 7. The van der Waals surface area contributed by atoms with Crippen LogP contribution in [0.3, 0.4) is 0 Å². The Morgan fingerprint density at radius 2 is 2.00 bits per heavy atom. The second-order valence-corrected chi connectivity index (χ2v) is 4.36. The first-order valence-electron chi connectivity index (χ1n) is 3.76. The van der Waals surface area contributed by atoms with Crippen molar-refractivity contribution in [2.45, 2.75) is 5.03 Å². The topological polar surface area (TPSA) is 136 Å². The number of ether oxygens (including phenoxy) is 1. The van der Waals surface area contributed by atoms with Crippen molar-refractivity contribution in [2.75, 3.05) is 7.11 Å². The van der Waals surface area contributed by atoms with Gasteiger partial charge in [-0.05, 0) is 6.07 Å². The van der Waals surface area contributed by atoms with Crippen LogP contribution >= 0.6 is 12.4 Å². The summed E-state index contributed by atoms with van der Waals surface area (Å²) in [6.07, 6.45) is 1.18. The van der Waals surface area contributed by atoms with Gasteiger partial charge in [-0.3, -0.25) is 4.55 Å². The van der Waals surface area contributed by atoms with E-state index < -0.39 is 26.0 Å². The molecule has 1 N–H and O–H groups in total. The maximum atomic E-state index is 10.5. The maximum absolute atomic E-state index is 10.5. The van der Waals surface area contributed by atoms with Gasteiger partial charge in [0.1, 0.15) is 0 Å². The average Bonchev–Trinajstić information content (AvgIpc) is 2.29. The molecule has 18 heavy (non-hydrogen) atoms. The Kier molecular flexibility index (Phi) is 9.25. The van der Waals surface area contributed by atoms with E-state index >= 15 is 0 Å². The van der Waals surface area contributed by atoms with Gasteiger partial charge in [0.05, 0.1) is 7.11 Å². The van der Waals surface area contributed by atoms with Crippen LogP contribution in [0.15, 0.2) is 21.7 Å². The van der Waals surface area contributed by atoms with E-state index in [1.165, 1.54) is 13.3 Å². The molecule has 0 amide bonds. The van der Waals surface area contributed by atoms with Crippen LogP contribution in [-0.2, 0) is 21.0 Å². The summed E-state index contributed by atoms with van der Waals surface area (Å²) in [4.78, 5) is 6.95. The minimum absolute atomic E-state index is 0. The highest BCUT2D eigenvalue weighted by atomic mass is 35.5. The van der Waals surface area contributed by atoms with Crippen LogP contribution in [0.25, 0.3) is 0 Å². The van der Waals surface area contributed by atoms with Crippen molar-refractivity contribution in [3.05, 3.63) is 12.3 Å². The molecular weight excluding hydrogens is 310 g/mol. The van der Waals surface area contributed by atoms with Crippen LogP contribution in [0.1, 0.15) is 0 Å². The largest absolute Gasteiger partial charge is 0.467 e. The number of methoxy groups -OCH3 is 1. The molecule has 0 atom stereocenters. The summed E-state index contributed by atoms with van der Waals surface area (Å²) >= 11 is 0. The van der Waals surface area contributed by atoms with E-state index in [0.717, 1.165) is 6.07 Å². The fraction of sp³-hybridized carbons (Fsp3) is 0.167. The molecule has 1 aromatic heterocycles. The number of aromatic nitrogens is 2. The second-order valence-electron chi connectivity index (χ2n) is 2.24. The molecule has 9 nitrogen and oxygen atoms in total. The van der Waals surface area contributed by atoms with Crippen LogP contribution in [0, 0.1) is 0 Å². The van der Waals surface area contributed by atoms with Crippen molar-refractivity contribution in [2.24, 2.45) is 4.40 Å². The van der Waals surface area contributed by atoms with Crippen LogP contribution in [0.2, 0.25) is 0 Å². The zero-order valence-electron chi connectivity index (χ0n) is 8.96. The molecule has 1 rings (SSSR count). The van der Waals surface area contributed by atoms with Crippen LogP contribution in [0.5, 0.6) is 6.01 Å². The van der Waals surface area contributed by atoms with Gasteiger partial charge in [0.2, 0.25) is 10.9 Å². The minimum Gasteiger partial charge on any atom is -0.467 e. The fourth-order valence-corrected chi connectivity index (χ4v) is 0.993. The number of rotatable bonds is 3. The molecule has 0 aromatic carbocycles. The van der Waals surface area contributed by atoms with E-state index in [1.54, 1.807) is 0 Å². The maximum Gasteiger partial charge on any atom is 0.317 e. The molecule has 1 aromatic rings. The Morgan fingerprint density at radius 3 is 2.33 bits per heavy atom. The fourth-order valence-electron chi connectivity index (χ4n) is 0.567. The Morgan fingerprint density at radius 1 is 1.50 bits per heavy atom. The normalized spacial score (nSPS) is 9.72. The summed E-state index contributed by atoms with van der Waals surface area (Å²) in [5.41, 5.74) is 0. The van der Waals surface area contributed by atoms with Crippen LogP contribution in [-0.4, -0.2) is 45.2 Å². The lowest BCUT2D eigenvalue weighted by atomic mass is 10.7. The lowest BCUT2D eigenvalue weighted by Crippen LogP contribution is -2.03. The van der Waals surface area contributed by atoms with E-state index in [9.17, 15) is 16.8 Å². The predicted octanol–water partition coefficient (Wildman–Crippen LogP) is -0.633. The van der Waals surface area contributed by atoms with E-state index in [-0.39, 0.29) is 18.4 Å².